The summed E-state index contributed by atoms with van der Waals surface area (Å²) in [6, 6.07) is 5.60. The van der Waals surface area contributed by atoms with Crippen LogP contribution >= 0.6 is 11.6 Å². The van der Waals surface area contributed by atoms with Crippen molar-refractivity contribution in [2.45, 2.75) is 18.7 Å². The molecule has 4 nitrogen and oxygen atoms in total. The smallest absolute Gasteiger partial charge is 0.213 e. The zero-order chi connectivity index (χ0) is 13.8. The minimum atomic E-state index is -3.86. The van der Waals surface area contributed by atoms with Gasteiger partial charge in [-0.2, -0.15) is 0 Å². The quantitative estimate of drug-likeness (QED) is 0.617. The van der Waals surface area contributed by atoms with Gasteiger partial charge in [0.15, 0.2) is 5.78 Å². The number of ether oxygens (including phenoxy) is 1. The minimum absolute atomic E-state index is 0.00746. The van der Waals surface area contributed by atoms with Gasteiger partial charge < -0.3 is 4.74 Å². The van der Waals surface area contributed by atoms with E-state index in [0.717, 1.165) is 6.26 Å². The average Bonchev–Trinajstić information content (AvgIpc) is 2.29. The fourth-order valence-electron chi connectivity index (χ4n) is 1.24. The molecule has 0 atom stereocenters. The van der Waals surface area contributed by atoms with Crippen molar-refractivity contribution < 1.29 is 17.9 Å². The third kappa shape index (κ3) is 3.34. The zero-order valence-corrected chi connectivity index (χ0v) is 11.6. The Balaban J connectivity index is 3.26. The van der Waals surface area contributed by atoms with Gasteiger partial charge in [-0.25, -0.2) is 8.42 Å². The van der Waals surface area contributed by atoms with Crippen LogP contribution in [0.4, 0.5) is 0 Å². The molecular formula is C12H13ClO4S. The molecule has 0 aliphatic rings. The molecule has 6 heteroatoms. The number of carbonyl (C=O) groups is 1. The van der Waals surface area contributed by atoms with Crippen molar-refractivity contribution >= 4 is 27.2 Å². The van der Waals surface area contributed by atoms with E-state index in [2.05, 4.69) is 0 Å². The van der Waals surface area contributed by atoms with Crippen LogP contribution in [0, 0.1) is 0 Å². The lowest BCUT2D eigenvalue weighted by molar-refractivity contribution is -0.113. The fraction of sp³-hybridized carbons (Fsp3) is 0.250. The molecule has 0 bridgehead atoms. The summed E-state index contributed by atoms with van der Waals surface area (Å²) in [7, 11) is -3.86. The molecule has 0 amide bonds. The average molecular weight is 289 g/mol. The van der Waals surface area contributed by atoms with Crippen LogP contribution < -0.4 is 0 Å². The van der Waals surface area contributed by atoms with Crippen molar-refractivity contribution in [2.75, 3.05) is 6.61 Å². The first-order chi connectivity index (χ1) is 8.39. The number of benzene rings is 1. The van der Waals surface area contributed by atoms with Gasteiger partial charge in [0, 0.05) is 5.02 Å². The van der Waals surface area contributed by atoms with Crippen LogP contribution in [0.5, 0.6) is 0 Å². The van der Waals surface area contributed by atoms with Crippen molar-refractivity contribution in [2.24, 2.45) is 0 Å². The van der Waals surface area contributed by atoms with Gasteiger partial charge in [-0.05, 0) is 38.1 Å². The van der Waals surface area contributed by atoms with Gasteiger partial charge in [-0.3, -0.25) is 4.79 Å². The Morgan fingerprint density at radius 2 is 1.89 bits per heavy atom. The summed E-state index contributed by atoms with van der Waals surface area (Å²) in [4.78, 5) is 11.0. The van der Waals surface area contributed by atoms with Gasteiger partial charge in [-0.15, -0.1) is 0 Å². The molecule has 0 saturated heterocycles. The van der Waals surface area contributed by atoms with Gasteiger partial charge in [0.1, 0.15) is 11.2 Å². The first kappa shape index (κ1) is 14.7. The Hall–Kier alpha value is -1.33. The van der Waals surface area contributed by atoms with Crippen molar-refractivity contribution in [3.05, 3.63) is 40.5 Å². The first-order valence-corrected chi connectivity index (χ1v) is 7.09. The Morgan fingerprint density at radius 3 is 2.33 bits per heavy atom. The number of sulfone groups is 1. The Kier molecular flexibility index (Phi) is 4.93. The van der Waals surface area contributed by atoms with Crippen molar-refractivity contribution in [1.29, 1.82) is 0 Å². The topological polar surface area (TPSA) is 60.4 Å². The maximum Gasteiger partial charge on any atom is 0.213 e. The second-order valence-corrected chi connectivity index (χ2v) is 5.81. The van der Waals surface area contributed by atoms with Crippen LogP contribution in [0.15, 0.2) is 40.3 Å². The fourth-order valence-corrected chi connectivity index (χ4v) is 2.68. The number of carbonyl (C=O) groups excluding carboxylic acids is 1. The highest BCUT2D eigenvalue weighted by atomic mass is 35.5. The lowest BCUT2D eigenvalue weighted by atomic mass is 10.4. The summed E-state index contributed by atoms with van der Waals surface area (Å²) in [5, 5.41) is 0.423. The number of halogens is 1. The van der Waals surface area contributed by atoms with E-state index in [1.165, 1.54) is 31.2 Å². The van der Waals surface area contributed by atoms with E-state index in [4.69, 9.17) is 16.3 Å². The molecule has 0 spiro atoms. The highest BCUT2D eigenvalue weighted by Gasteiger charge is 2.24. The Bertz CT molecular complexity index is 558. The standard InChI is InChI=1S/C12H13ClO4S/c1-3-17-8-12(9(2)14)18(15,16)11-6-4-10(13)5-7-11/h4-8H,3H2,1-2H3. The number of ketones is 1. The van der Waals surface area contributed by atoms with E-state index in [1.54, 1.807) is 6.92 Å². The Morgan fingerprint density at radius 1 is 1.33 bits per heavy atom. The highest BCUT2D eigenvalue weighted by Crippen LogP contribution is 2.21. The SMILES string of the molecule is CCOC=C(C(C)=O)S(=O)(=O)c1ccc(Cl)cc1. The molecule has 18 heavy (non-hydrogen) atoms. The first-order valence-electron chi connectivity index (χ1n) is 5.23. The van der Waals surface area contributed by atoms with Crippen LogP contribution in [-0.2, 0) is 19.4 Å². The predicted molar refractivity (Wildman–Crippen MR) is 69.0 cm³/mol. The van der Waals surface area contributed by atoms with E-state index in [-0.39, 0.29) is 16.4 Å². The molecular weight excluding hydrogens is 276 g/mol. The third-order valence-corrected chi connectivity index (χ3v) is 4.22. The molecule has 1 rings (SSSR count). The molecule has 0 saturated carbocycles. The second-order valence-electron chi connectivity index (χ2n) is 3.45. The Labute approximate surface area is 111 Å². The van der Waals surface area contributed by atoms with E-state index in [9.17, 15) is 13.2 Å². The van der Waals surface area contributed by atoms with E-state index >= 15 is 0 Å². The van der Waals surface area contributed by atoms with E-state index in [0.29, 0.717) is 5.02 Å². The van der Waals surface area contributed by atoms with Gasteiger partial charge in [0.05, 0.1) is 11.5 Å². The maximum absolute atomic E-state index is 12.2. The molecule has 0 N–H and O–H groups in total. The van der Waals surface area contributed by atoms with E-state index < -0.39 is 15.6 Å². The molecule has 0 heterocycles. The van der Waals surface area contributed by atoms with Crippen molar-refractivity contribution in [1.82, 2.24) is 0 Å². The van der Waals surface area contributed by atoms with Crippen LogP contribution in [0.25, 0.3) is 0 Å². The molecule has 0 unspecified atom stereocenters. The number of hydrogen-bond acceptors (Lipinski definition) is 4. The van der Waals surface area contributed by atoms with Crippen molar-refractivity contribution in [3.8, 4) is 0 Å². The van der Waals surface area contributed by atoms with Crippen molar-refractivity contribution in [3.63, 3.8) is 0 Å². The summed E-state index contributed by atoms with van der Waals surface area (Å²) in [5.74, 6) is -0.571. The van der Waals surface area contributed by atoms with Crippen LogP contribution in [0.3, 0.4) is 0 Å². The predicted octanol–water partition coefficient (Wildman–Crippen LogP) is 2.58. The molecule has 0 radical (unpaired) electrons. The van der Waals surface area contributed by atoms with E-state index in [1.807, 2.05) is 0 Å². The minimum Gasteiger partial charge on any atom is -0.500 e. The second kappa shape index (κ2) is 6.02. The summed E-state index contributed by atoms with van der Waals surface area (Å²) in [6.45, 7) is 3.16. The van der Waals surface area contributed by atoms with Crippen LogP contribution in [0.1, 0.15) is 13.8 Å². The summed E-state index contributed by atoms with van der Waals surface area (Å²) < 4.78 is 29.3. The molecule has 0 aliphatic carbocycles. The van der Waals surface area contributed by atoms with Gasteiger partial charge >= 0.3 is 0 Å². The largest absolute Gasteiger partial charge is 0.500 e. The molecule has 1 aromatic carbocycles. The van der Waals surface area contributed by atoms with Gasteiger partial charge in [0.25, 0.3) is 0 Å². The maximum atomic E-state index is 12.2. The molecule has 0 aliphatic heterocycles. The number of Topliss-reactive ketones (excluding diaryl/α,β-unsaturated/α-hetero) is 1. The number of allylic oxidation sites excluding steroid dienone is 1. The molecule has 1 aromatic rings. The van der Waals surface area contributed by atoms with Gasteiger partial charge in [0.2, 0.25) is 9.84 Å². The molecule has 0 aromatic heterocycles. The number of rotatable bonds is 5. The normalized spacial score (nSPS) is 12.3. The monoisotopic (exact) mass is 288 g/mol. The number of hydrogen-bond donors (Lipinski definition) is 0. The summed E-state index contributed by atoms with van der Waals surface area (Å²) >= 11 is 5.69. The van der Waals surface area contributed by atoms with Crippen LogP contribution in [-0.4, -0.2) is 20.8 Å². The highest BCUT2D eigenvalue weighted by molar-refractivity contribution is 7.96. The zero-order valence-electron chi connectivity index (χ0n) is 10.0. The summed E-state index contributed by atoms with van der Waals surface area (Å²) in [6.07, 6.45) is 0.978. The third-order valence-electron chi connectivity index (χ3n) is 2.12. The summed E-state index contributed by atoms with van der Waals surface area (Å²) in [5.41, 5.74) is 0. The van der Waals surface area contributed by atoms with Gasteiger partial charge in [-0.1, -0.05) is 11.6 Å². The van der Waals surface area contributed by atoms with Crippen LogP contribution in [0.2, 0.25) is 5.02 Å². The lowest BCUT2D eigenvalue weighted by Crippen LogP contribution is -2.12. The molecule has 0 fully saturated rings. The molecule has 98 valence electrons. The lowest BCUT2D eigenvalue weighted by Gasteiger charge is -2.06.